The Kier molecular flexibility index (Phi) is 4.33. The Morgan fingerprint density at radius 3 is 2.58 bits per heavy atom. The molecule has 1 aliphatic carbocycles. The zero-order valence-corrected chi connectivity index (χ0v) is 11.7. The quantitative estimate of drug-likeness (QED) is 0.536. The van der Waals surface area contributed by atoms with E-state index in [4.69, 9.17) is 5.84 Å². The van der Waals surface area contributed by atoms with Crippen molar-refractivity contribution in [1.29, 1.82) is 0 Å². The lowest BCUT2D eigenvalue weighted by Crippen LogP contribution is -2.30. The number of nitrogens with two attached hydrogens (primary N) is 1. The van der Waals surface area contributed by atoms with Gasteiger partial charge in [-0.05, 0) is 18.3 Å². The molecule has 7 nitrogen and oxygen atoms in total. The fraction of sp³-hybridized carbons (Fsp3) is 0.636. The fourth-order valence-corrected chi connectivity index (χ4v) is 3.34. The van der Waals surface area contributed by atoms with Crippen LogP contribution in [0.5, 0.6) is 0 Å². The molecule has 0 spiro atoms. The molecule has 1 fully saturated rings. The van der Waals surface area contributed by atoms with Gasteiger partial charge in [0.1, 0.15) is 4.90 Å². The second-order valence-electron chi connectivity index (χ2n) is 4.91. The minimum atomic E-state index is -3.54. The lowest BCUT2D eigenvalue weighted by atomic mass is 9.99. The summed E-state index contributed by atoms with van der Waals surface area (Å²) in [5, 5.41) is 0. The van der Waals surface area contributed by atoms with Crippen LogP contribution in [0.25, 0.3) is 0 Å². The van der Waals surface area contributed by atoms with E-state index in [1.807, 2.05) is 0 Å². The molecule has 0 bridgehead atoms. The lowest BCUT2D eigenvalue weighted by Gasteiger charge is -2.15. The van der Waals surface area contributed by atoms with Crippen molar-refractivity contribution in [3.63, 3.8) is 0 Å². The normalized spacial score (nSPS) is 23.5. The molecule has 1 heterocycles. The summed E-state index contributed by atoms with van der Waals surface area (Å²) < 4.78 is 26.7. The summed E-state index contributed by atoms with van der Waals surface area (Å²) in [5.41, 5.74) is 2.25. The average molecular weight is 285 g/mol. The smallest absolute Gasteiger partial charge is 0.243 e. The first-order chi connectivity index (χ1) is 9.03. The van der Waals surface area contributed by atoms with Crippen molar-refractivity contribution in [3.05, 3.63) is 12.4 Å². The Bertz CT molecular complexity index is 516. The first-order valence-electron chi connectivity index (χ1n) is 6.31. The van der Waals surface area contributed by atoms with Gasteiger partial charge in [-0.1, -0.05) is 19.8 Å². The van der Waals surface area contributed by atoms with Crippen LogP contribution in [0.15, 0.2) is 17.3 Å². The molecule has 0 aliphatic heterocycles. The Hall–Kier alpha value is -1.25. The largest absolute Gasteiger partial charge is 0.292 e. The van der Waals surface area contributed by atoms with Crippen LogP contribution < -0.4 is 16.0 Å². The Balaban J connectivity index is 2.01. The molecular weight excluding hydrogens is 266 g/mol. The number of aromatic nitrogens is 2. The molecule has 1 saturated carbocycles. The van der Waals surface area contributed by atoms with E-state index in [9.17, 15) is 8.42 Å². The van der Waals surface area contributed by atoms with E-state index < -0.39 is 10.0 Å². The van der Waals surface area contributed by atoms with Gasteiger partial charge in [-0.25, -0.2) is 29.0 Å². The molecule has 0 radical (unpaired) electrons. The van der Waals surface area contributed by atoms with Gasteiger partial charge in [-0.15, -0.1) is 0 Å². The van der Waals surface area contributed by atoms with Gasteiger partial charge in [0.2, 0.25) is 16.0 Å². The molecule has 0 aromatic carbocycles. The molecule has 1 aromatic rings. The zero-order valence-electron chi connectivity index (χ0n) is 10.8. The topological polar surface area (TPSA) is 110 Å². The molecular formula is C11H19N5O2S. The van der Waals surface area contributed by atoms with Gasteiger partial charge < -0.3 is 0 Å². The SMILES string of the molecule is CC1CCCC1CNS(=O)(=O)c1cnc(NN)nc1. The van der Waals surface area contributed by atoms with Crippen molar-refractivity contribution in [2.24, 2.45) is 17.7 Å². The van der Waals surface area contributed by atoms with Crippen LogP contribution in [-0.2, 0) is 10.0 Å². The Morgan fingerprint density at radius 1 is 1.37 bits per heavy atom. The predicted molar refractivity (Wildman–Crippen MR) is 71.5 cm³/mol. The van der Waals surface area contributed by atoms with E-state index >= 15 is 0 Å². The zero-order chi connectivity index (χ0) is 13.9. The molecule has 0 saturated heterocycles. The maximum absolute atomic E-state index is 12.1. The van der Waals surface area contributed by atoms with Crippen LogP contribution in [0, 0.1) is 11.8 Å². The second-order valence-corrected chi connectivity index (χ2v) is 6.67. The van der Waals surface area contributed by atoms with Gasteiger partial charge in [0, 0.05) is 6.54 Å². The molecule has 2 atom stereocenters. The fourth-order valence-electron chi connectivity index (χ4n) is 2.36. The summed E-state index contributed by atoms with van der Waals surface area (Å²) in [5.74, 6) is 6.30. The van der Waals surface area contributed by atoms with Gasteiger partial charge in [0.25, 0.3) is 0 Å². The van der Waals surface area contributed by atoms with E-state index in [-0.39, 0.29) is 10.8 Å². The average Bonchev–Trinajstić information content (AvgIpc) is 2.82. The number of rotatable bonds is 5. The van der Waals surface area contributed by atoms with Crippen LogP contribution in [0.1, 0.15) is 26.2 Å². The molecule has 1 aromatic heterocycles. The molecule has 2 unspecified atom stereocenters. The first-order valence-corrected chi connectivity index (χ1v) is 7.79. The highest BCUT2D eigenvalue weighted by molar-refractivity contribution is 7.89. The number of hydrogen-bond donors (Lipinski definition) is 3. The third kappa shape index (κ3) is 3.40. The van der Waals surface area contributed by atoms with Crippen LogP contribution >= 0.6 is 0 Å². The van der Waals surface area contributed by atoms with Crippen molar-refractivity contribution in [2.75, 3.05) is 12.0 Å². The van der Waals surface area contributed by atoms with Gasteiger partial charge in [-0.3, -0.25) is 5.43 Å². The van der Waals surface area contributed by atoms with Crippen LogP contribution in [0.4, 0.5) is 5.95 Å². The van der Waals surface area contributed by atoms with Crippen LogP contribution in [0.2, 0.25) is 0 Å². The van der Waals surface area contributed by atoms with E-state index in [1.165, 1.54) is 25.2 Å². The van der Waals surface area contributed by atoms with Crippen molar-refractivity contribution >= 4 is 16.0 Å². The molecule has 2 rings (SSSR count). The van der Waals surface area contributed by atoms with Crippen molar-refractivity contribution < 1.29 is 8.42 Å². The summed E-state index contributed by atoms with van der Waals surface area (Å²) in [6.45, 7) is 2.64. The molecule has 0 amide bonds. The number of anilines is 1. The number of hydrogen-bond acceptors (Lipinski definition) is 6. The van der Waals surface area contributed by atoms with E-state index in [1.54, 1.807) is 0 Å². The van der Waals surface area contributed by atoms with E-state index in [0.717, 1.165) is 6.42 Å². The van der Waals surface area contributed by atoms with Gasteiger partial charge in [0.05, 0.1) is 12.4 Å². The molecule has 1 aliphatic rings. The summed E-state index contributed by atoms with van der Waals surface area (Å²) in [6, 6.07) is 0. The first kappa shape index (κ1) is 14.2. The summed E-state index contributed by atoms with van der Waals surface area (Å²) in [4.78, 5) is 7.64. The van der Waals surface area contributed by atoms with Gasteiger partial charge in [-0.2, -0.15) is 0 Å². The maximum atomic E-state index is 12.1. The van der Waals surface area contributed by atoms with Gasteiger partial charge >= 0.3 is 0 Å². The third-order valence-corrected chi connectivity index (χ3v) is 5.02. The Morgan fingerprint density at radius 2 is 2.05 bits per heavy atom. The number of nitrogen functional groups attached to an aromatic ring is 1. The summed E-state index contributed by atoms with van der Waals surface area (Å²) in [7, 11) is -3.54. The molecule has 4 N–H and O–H groups in total. The maximum Gasteiger partial charge on any atom is 0.243 e. The number of nitrogens with one attached hydrogen (secondary N) is 2. The van der Waals surface area contributed by atoms with Crippen molar-refractivity contribution in [1.82, 2.24) is 14.7 Å². The third-order valence-electron chi connectivity index (χ3n) is 3.64. The number of hydrazine groups is 1. The highest BCUT2D eigenvalue weighted by Crippen LogP contribution is 2.30. The minimum absolute atomic E-state index is 0.0529. The lowest BCUT2D eigenvalue weighted by molar-refractivity contribution is 0.414. The van der Waals surface area contributed by atoms with Gasteiger partial charge in [0.15, 0.2) is 0 Å². The second kappa shape index (κ2) is 5.81. The molecule has 8 heteroatoms. The van der Waals surface area contributed by atoms with E-state index in [2.05, 4.69) is 27.0 Å². The highest BCUT2D eigenvalue weighted by Gasteiger charge is 2.25. The van der Waals surface area contributed by atoms with Crippen molar-refractivity contribution in [2.45, 2.75) is 31.1 Å². The predicted octanol–water partition coefficient (Wildman–Crippen LogP) is 0.477. The summed E-state index contributed by atoms with van der Waals surface area (Å²) in [6.07, 6.45) is 5.90. The minimum Gasteiger partial charge on any atom is -0.292 e. The standard InChI is InChI=1S/C11H19N5O2S/c1-8-3-2-4-9(8)5-15-19(17,18)10-6-13-11(16-12)14-7-10/h6-9,15H,2-5,12H2,1H3,(H,13,14,16). The van der Waals surface area contributed by atoms with Crippen molar-refractivity contribution in [3.8, 4) is 0 Å². The number of nitrogens with zero attached hydrogens (tertiary/aromatic N) is 2. The number of sulfonamides is 1. The van der Waals surface area contributed by atoms with E-state index in [0.29, 0.717) is 18.4 Å². The summed E-state index contributed by atoms with van der Waals surface area (Å²) >= 11 is 0. The van der Waals surface area contributed by atoms with Crippen LogP contribution in [-0.4, -0.2) is 24.9 Å². The molecule has 19 heavy (non-hydrogen) atoms. The highest BCUT2D eigenvalue weighted by atomic mass is 32.2. The molecule has 106 valence electrons. The van der Waals surface area contributed by atoms with Crippen LogP contribution in [0.3, 0.4) is 0 Å². The Labute approximate surface area is 113 Å². The monoisotopic (exact) mass is 285 g/mol.